The van der Waals surface area contributed by atoms with Crippen molar-refractivity contribution in [1.82, 2.24) is 5.32 Å². The van der Waals surface area contributed by atoms with Crippen LogP contribution in [0.3, 0.4) is 0 Å². The van der Waals surface area contributed by atoms with Crippen molar-refractivity contribution in [3.63, 3.8) is 0 Å². The molecule has 0 saturated heterocycles. The number of benzene rings is 2. The molecular weight excluding hydrogens is 402 g/mol. The first kappa shape index (κ1) is 19.7. The first-order valence-electron chi connectivity index (χ1n) is 7.90. The quantitative estimate of drug-likeness (QED) is 0.509. The number of carbonyl (C=O) groups is 1. The van der Waals surface area contributed by atoms with Crippen LogP contribution in [-0.2, 0) is 11.2 Å². The molecule has 25 heavy (non-hydrogen) atoms. The molecule has 6 heteroatoms. The van der Waals surface area contributed by atoms with E-state index in [2.05, 4.69) is 52.4 Å². The van der Waals surface area contributed by atoms with E-state index in [9.17, 15) is 4.79 Å². The molecule has 4 nitrogen and oxygen atoms in total. The smallest absolute Gasteiger partial charge is 0.224 e. The van der Waals surface area contributed by atoms with Gasteiger partial charge in [0, 0.05) is 21.7 Å². The summed E-state index contributed by atoms with van der Waals surface area (Å²) in [5.41, 5.74) is 2.11. The minimum Gasteiger partial charge on any atom is -0.493 e. The molecule has 0 atom stereocenters. The summed E-state index contributed by atoms with van der Waals surface area (Å²) in [5, 5.41) is 2.95. The van der Waals surface area contributed by atoms with E-state index < -0.39 is 0 Å². The molecule has 0 aliphatic rings. The van der Waals surface area contributed by atoms with E-state index >= 15 is 0 Å². The van der Waals surface area contributed by atoms with Crippen LogP contribution in [0.2, 0.25) is 0 Å². The number of amides is 1. The predicted octanol–water partition coefficient (Wildman–Crippen LogP) is 4.23. The first-order chi connectivity index (χ1) is 12.0. The van der Waals surface area contributed by atoms with Gasteiger partial charge in [-0.2, -0.15) is 0 Å². The number of halogens is 1. The monoisotopic (exact) mass is 423 g/mol. The number of hydrogen-bond acceptors (Lipinski definition) is 4. The van der Waals surface area contributed by atoms with Crippen molar-refractivity contribution in [2.45, 2.75) is 18.2 Å². The van der Waals surface area contributed by atoms with Crippen LogP contribution in [0.5, 0.6) is 11.5 Å². The highest BCUT2D eigenvalue weighted by molar-refractivity contribution is 9.10. The number of rotatable bonds is 8. The van der Waals surface area contributed by atoms with Gasteiger partial charge in [0.1, 0.15) is 0 Å². The van der Waals surface area contributed by atoms with Gasteiger partial charge in [-0.1, -0.05) is 33.6 Å². The summed E-state index contributed by atoms with van der Waals surface area (Å²) in [4.78, 5) is 13.4. The molecule has 2 aromatic carbocycles. The second-order valence-electron chi connectivity index (χ2n) is 5.49. The summed E-state index contributed by atoms with van der Waals surface area (Å²) in [6, 6.07) is 12.0. The lowest BCUT2D eigenvalue weighted by Crippen LogP contribution is -2.27. The number of ether oxygens (including phenoxy) is 2. The van der Waals surface area contributed by atoms with Crippen molar-refractivity contribution in [3.8, 4) is 11.5 Å². The highest BCUT2D eigenvalue weighted by atomic mass is 79.9. The van der Waals surface area contributed by atoms with Crippen molar-refractivity contribution in [1.29, 1.82) is 0 Å². The maximum Gasteiger partial charge on any atom is 0.224 e. The molecule has 0 radical (unpaired) electrons. The van der Waals surface area contributed by atoms with Gasteiger partial charge in [-0.3, -0.25) is 4.79 Å². The molecule has 0 aromatic heterocycles. The number of aryl methyl sites for hydroxylation is 1. The van der Waals surface area contributed by atoms with E-state index in [0.717, 1.165) is 15.8 Å². The second kappa shape index (κ2) is 9.73. The third-order valence-electron chi connectivity index (χ3n) is 3.62. The van der Waals surface area contributed by atoms with Crippen molar-refractivity contribution in [2.24, 2.45) is 0 Å². The molecule has 1 N–H and O–H groups in total. The van der Waals surface area contributed by atoms with Gasteiger partial charge in [0.05, 0.1) is 20.6 Å². The van der Waals surface area contributed by atoms with Crippen LogP contribution in [0, 0.1) is 6.92 Å². The molecule has 0 fully saturated rings. The normalized spacial score (nSPS) is 10.4. The maximum atomic E-state index is 12.2. The molecular formula is C19H22BrNO3S. The fraction of sp³-hybridized carbons (Fsp3) is 0.316. The Morgan fingerprint density at radius 2 is 1.76 bits per heavy atom. The Morgan fingerprint density at radius 3 is 2.40 bits per heavy atom. The van der Waals surface area contributed by atoms with Gasteiger partial charge in [0.25, 0.3) is 0 Å². The first-order valence-corrected chi connectivity index (χ1v) is 9.68. The van der Waals surface area contributed by atoms with Gasteiger partial charge in [-0.25, -0.2) is 0 Å². The maximum absolute atomic E-state index is 12.2. The van der Waals surface area contributed by atoms with Crippen molar-refractivity contribution >= 4 is 33.6 Å². The van der Waals surface area contributed by atoms with E-state index in [1.807, 2.05) is 12.1 Å². The van der Waals surface area contributed by atoms with Crippen LogP contribution >= 0.6 is 27.7 Å². The Balaban J connectivity index is 1.83. The molecule has 0 saturated carbocycles. The average Bonchev–Trinajstić information content (AvgIpc) is 2.61. The summed E-state index contributed by atoms with van der Waals surface area (Å²) >= 11 is 5.21. The van der Waals surface area contributed by atoms with E-state index in [4.69, 9.17) is 9.47 Å². The number of methoxy groups -OCH3 is 2. The molecule has 0 bridgehead atoms. The largest absolute Gasteiger partial charge is 0.493 e. The van der Waals surface area contributed by atoms with E-state index in [-0.39, 0.29) is 12.3 Å². The van der Waals surface area contributed by atoms with Crippen LogP contribution in [0.15, 0.2) is 45.8 Å². The van der Waals surface area contributed by atoms with E-state index in [0.29, 0.717) is 18.0 Å². The van der Waals surface area contributed by atoms with Crippen LogP contribution in [0.25, 0.3) is 0 Å². The molecule has 0 aliphatic carbocycles. The van der Waals surface area contributed by atoms with Crippen LogP contribution in [0.1, 0.15) is 11.1 Å². The number of thioether (sulfide) groups is 1. The zero-order valence-electron chi connectivity index (χ0n) is 14.6. The Labute approximate surface area is 161 Å². The Hall–Kier alpha value is -1.66. The lowest BCUT2D eigenvalue weighted by atomic mass is 10.1. The van der Waals surface area contributed by atoms with Crippen molar-refractivity contribution in [2.75, 3.05) is 26.5 Å². The number of hydrogen-bond donors (Lipinski definition) is 1. The minimum atomic E-state index is -0.0163. The molecule has 2 rings (SSSR count). The second-order valence-corrected chi connectivity index (χ2v) is 7.51. The van der Waals surface area contributed by atoms with E-state index in [1.54, 1.807) is 26.0 Å². The summed E-state index contributed by atoms with van der Waals surface area (Å²) < 4.78 is 11.4. The Kier molecular flexibility index (Phi) is 7.65. The average molecular weight is 424 g/mol. The Bertz CT molecular complexity index is 719. The van der Waals surface area contributed by atoms with Crippen LogP contribution in [-0.4, -0.2) is 32.4 Å². The van der Waals surface area contributed by atoms with E-state index in [1.165, 1.54) is 10.5 Å². The highest BCUT2D eigenvalue weighted by Crippen LogP contribution is 2.33. The molecule has 0 spiro atoms. The highest BCUT2D eigenvalue weighted by Gasteiger charge is 2.12. The molecule has 2 aromatic rings. The molecule has 1 amide bonds. The van der Waals surface area contributed by atoms with Gasteiger partial charge < -0.3 is 14.8 Å². The predicted molar refractivity (Wildman–Crippen MR) is 106 cm³/mol. The summed E-state index contributed by atoms with van der Waals surface area (Å²) in [6.45, 7) is 2.70. The zero-order chi connectivity index (χ0) is 18.2. The molecule has 0 heterocycles. The number of nitrogens with one attached hydrogen (secondary N) is 1. The molecule has 134 valence electrons. The summed E-state index contributed by atoms with van der Waals surface area (Å²) in [6.07, 6.45) is 0.288. The third kappa shape index (κ3) is 5.97. The number of carbonyl (C=O) groups excluding carboxylic acids is 1. The lowest BCUT2D eigenvalue weighted by molar-refractivity contribution is -0.120. The Morgan fingerprint density at radius 1 is 1.12 bits per heavy atom. The lowest BCUT2D eigenvalue weighted by Gasteiger charge is -2.12. The molecule has 0 aliphatic heterocycles. The zero-order valence-corrected chi connectivity index (χ0v) is 17.0. The van der Waals surface area contributed by atoms with Gasteiger partial charge in [-0.15, -0.1) is 11.8 Å². The van der Waals surface area contributed by atoms with Gasteiger partial charge in [0.15, 0.2) is 11.5 Å². The fourth-order valence-electron chi connectivity index (χ4n) is 2.26. The summed E-state index contributed by atoms with van der Waals surface area (Å²) in [5.74, 6) is 2.07. The SMILES string of the molecule is COc1cc(Br)c(CC(=O)NCCSc2ccc(C)cc2)cc1OC. The standard InChI is InChI=1S/C19H22BrNO3S/c1-13-4-6-15(7-5-13)25-9-8-21-19(22)11-14-10-17(23-2)18(24-3)12-16(14)20/h4-7,10,12H,8-9,11H2,1-3H3,(H,21,22). The van der Waals surface area contributed by atoms with Crippen molar-refractivity contribution in [3.05, 3.63) is 52.0 Å². The topological polar surface area (TPSA) is 47.6 Å². The summed E-state index contributed by atoms with van der Waals surface area (Å²) in [7, 11) is 3.17. The van der Waals surface area contributed by atoms with Gasteiger partial charge in [-0.05, 0) is 36.8 Å². The fourth-order valence-corrected chi connectivity index (χ4v) is 3.49. The minimum absolute atomic E-state index is 0.0163. The van der Waals surface area contributed by atoms with Gasteiger partial charge in [0.2, 0.25) is 5.91 Å². The third-order valence-corrected chi connectivity index (χ3v) is 5.37. The van der Waals surface area contributed by atoms with Crippen molar-refractivity contribution < 1.29 is 14.3 Å². The van der Waals surface area contributed by atoms with Crippen LogP contribution in [0.4, 0.5) is 0 Å². The molecule has 0 unspecified atom stereocenters. The van der Waals surface area contributed by atoms with Crippen LogP contribution < -0.4 is 14.8 Å². The van der Waals surface area contributed by atoms with Gasteiger partial charge >= 0.3 is 0 Å².